The number of nitrogens with one attached hydrogen (secondary N) is 1. The molecule has 0 aromatic carbocycles. The monoisotopic (exact) mass is 201 g/mol. The average molecular weight is 201 g/mol. The zero-order chi connectivity index (χ0) is 10.4. The molecule has 3 nitrogen and oxygen atoms in total. The van der Waals surface area contributed by atoms with Gasteiger partial charge < -0.3 is 9.72 Å². The van der Waals surface area contributed by atoms with E-state index in [0.717, 1.165) is 11.3 Å². The molecule has 3 heteroatoms. The summed E-state index contributed by atoms with van der Waals surface area (Å²) in [7, 11) is 0. The molecule has 1 aliphatic rings. The summed E-state index contributed by atoms with van der Waals surface area (Å²) in [4.78, 5) is 4.48. The van der Waals surface area contributed by atoms with Crippen molar-refractivity contribution < 1.29 is 0 Å². The van der Waals surface area contributed by atoms with Gasteiger partial charge >= 0.3 is 0 Å². The molecular formula is C12H15N3. The number of nitrogens with zero attached hydrogens (tertiary/aromatic N) is 2. The third-order valence-electron chi connectivity index (χ3n) is 3.04. The van der Waals surface area contributed by atoms with Crippen LogP contribution in [0.3, 0.4) is 0 Å². The van der Waals surface area contributed by atoms with Crippen LogP contribution in [-0.2, 0) is 0 Å². The minimum atomic E-state index is 0.701. The van der Waals surface area contributed by atoms with E-state index in [4.69, 9.17) is 0 Å². The summed E-state index contributed by atoms with van der Waals surface area (Å²) in [5.41, 5.74) is 4.57. The summed E-state index contributed by atoms with van der Waals surface area (Å²) in [5, 5.41) is 3.50. The molecule has 0 aliphatic heterocycles. The van der Waals surface area contributed by atoms with Gasteiger partial charge in [0.25, 0.3) is 0 Å². The minimum Gasteiger partial charge on any atom is -0.381 e. The molecule has 1 N–H and O–H groups in total. The molecule has 1 aliphatic carbocycles. The standard InChI is InChI=1S/C12H15N3/c1-8-9(2)15-7-11(14-10-3-4-10)5-6-12(15)13-8/h5-7,10,14H,3-4H2,1-2H3. The third-order valence-corrected chi connectivity index (χ3v) is 3.04. The van der Waals surface area contributed by atoms with E-state index < -0.39 is 0 Å². The Morgan fingerprint density at radius 1 is 1.33 bits per heavy atom. The molecule has 78 valence electrons. The first-order chi connectivity index (χ1) is 7.24. The van der Waals surface area contributed by atoms with Crippen LogP contribution < -0.4 is 5.32 Å². The van der Waals surface area contributed by atoms with E-state index in [0.29, 0.717) is 6.04 Å². The number of rotatable bonds is 2. The molecule has 0 radical (unpaired) electrons. The van der Waals surface area contributed by atoms with Gasteiger partial charge in [0.05, 0.1) is 11.4 Å². The van der Waals surface area contributed by atoms with Crippen molar-refractivity contribution in [3.05, 3.63) is 29.7 Å². The van der Waals surface area contributed by atoms with Gasteiger partial charge in [-0.25, -0.2) is 4.98 Å². The largest absolute Gasteiger partial charge is 0.381 e. The molecule has 2 aromatic rings. The average Bonchev–Trinajstić information content (AvgIpc) is 2.98. The number of hydrogen-bond acceptors (Lipinski definition) is 2. The highest BCUT2D eigenvalue weighted by atomic mass is 15.0. The van der Waals surface area contributed by atoms with E-state index in [1.54, 1.807) is 0 Å². The molecule has 0 spiro atoms. The van der Waals surface area contributed by atoms with Crippen LogP contribution in [-0.4, -0.2) is 15.4 Å². The number of aromatic nitrogens is 2. The van der Waals surface area contributed by atoms with E-state index in [1.807, 2.05) is 0 Å². The Kier molecular flexibility index (Phi) is 1.75. The lowest BCUT2D eigenvalue weighted by molar-refractivity contribution is 1.07. The number of pyridine rings is 1. The van der Waals surface area contributed by atoms with Gasteiger partial charge in [0.1, 0.15) is 5.65 Å². The Hall–Kier alpha value is -1.51. The molecule has 2 aromatic heterocycles. The van der Waals surface area contributed by atoms with Crippen LogP contribution in [0.2, 0.25) is 0 Å². The zero-order valence-electron chi connectivity index (χ0n) is 9.12. The van der Waals surface area contributed by atoms with Crippen LogP contribution in [0.4, 0.5) is 5.69 Å². The first-order valence-corrected chi connectivity index (χ1v) is 5.46. The SMILES string of the molecule is Cc1nc2ccc(NC3CC3)cn2c1C. The summed E-state index contributed by atoms with van der Waals surface area (Å²) < 4.78 is 2.15. The van der Waals surface area contributed by atoms with Crippen molar-refractivity contribution >= 4 is 11.3 Å². The van der Waals surface area contributed by atoms with Crippen molar-refractivity contribution in [2.45, 2.75) is 32.7 Å². The second-order valence-corrected chi connectivity index (χ2v) is 4.35. The van der Waals surface area contributed by atoms with E-state index >= 15 is 0 Å². The normalized spacial score (nSPS) is 15.9. The fraction of sp³-hybridized carbons (Fsp3) is 0.417. The van der Waals surface area contributed by atoms with Crippen LogP contribution >= 0.6 is 0 Å². The highest BCUT2D eigenvalue weighted by Crippen LogP contribution is 2.25. The maximum absolute atomic E-state index is 4.48. The van der Waals surface area contributed by atoms with E-state index in [9.17, 15) is 0 Å². The molecule has 0 saturated heterocycles. The predicted molar refractivity (Wildman–Crippen MR) is 61.3 cm³/mol. The van der Waals surface area contributed by atoms with Gasteiger partial charge in [-0.2, -0.15) is 0 Å². The van der Waals surface area contributed by atoms with Crippen molar-refractivity contribution in [2.75, 3.05) is 5.32 Å². The second-order valence-electron chi connectivity index (χ2n) is 4.35. The fourth-order valence-corrected chi connectivity index (χ4v) is 1.83. The summed E-state index contributed by atoms with van der Waals surface area (Å²) >= 11 is 0. The highest BCUT2D eigenvalue weighted by Gasteiger charge is 2.20. The second kappa shape index (κ2) is 2.99. The minimum absolute atomic E-state index is 0.701. The van der Waals surface area contributed by atoms with E-state index in [2.05, 4.69) is 46.9 Å². The number of fused-ring (bicyclic) bond motifs is 1. The highest BCUT2D eigenvalue weighted by molar-refractivity contribution is 5.53. The molecule has 1 saturated carbocycles. The lowest BCUT2D eigenvalue weighted by Gasteiger charge is -2.05. The van der Waals surface area contributed by atoms with Crippen molar-refractivity contribution in [3.63, 3.8) is 0 Å². The van der Waals surface area contributed by atoms with E-state index in [-0.39, 0.29) is 0 Å². The molecule has 0 unspecified atom stereocenters. The Bertz CT molecular complexity index is 509. The first kappa shape index (κ1) is 8.77. The molecule has 0 atom stereocenters. The van der Waals surface area contributed by atoms with Gasteiger partial charge in [0.15, 0.2) is 0 Å². The van der Waals surface area contributed by atoms with Gasteiger partial charge in [-0.15, -0.1) is 0 Å². The number of hydrogen-bond donors (Lipinski definition) is 1. The predicted octanol–water partition coefficient (Wildman–Crippen LogP) is 2.53. The molecule has 0 amide bonds. The summed E-state index contributed by atoms with van der Waals surface area (Å²) in [6, 6.07) is 4.89. The smallest absolute Gasteiger partial charge is 0.137 e. The molecular weight excluding hydrogens is 186 g/mol. The number of anilines is 1. The summed E-state index contributed by atoms with van der Waals surface area (Å²) in [6.45, 7) is 4.16. The van der Waals surface area contributed by atoms with Gasteiger partial charge in [0, 0.05) is 17.9 Å². The van der Waals surface area contributed by atoms with Crippen molar-refractivity contribution in [3.8, 4) is 0 Å². The van der Waals surface area contributed by atoms with Crippen LogP contribution in [0.15, 0.2) is 18.3 Å². The van der Waals surface area contributed by atoms with E-state index in [1.165, 1.54) is 24.2 Å². The van der Waals surface area contributed by atoms with Crippen molar-refractivity contribution in [1.29, 1.82) is 0 Å². The van der Waals surface area contributed by atoms with Gasteiger partial charge in [0.2, 0.25) is 0 Å². The Balaban J connectivity index is 2.06. The summed E-state index contributed by atoms with van der Waals surface area (Å²) in [5.74, 6) is 0. The number of imidazole rings is 1. The topological polar surface area (TPSA) is 29.3 Å². The molecule has 0 bridgehead atoms. The Morgan fingerprint density at radius 3 is 2.87 bits per heavy atom. The molecule has 3 rings (SSSR count). The lowest BCUT2D eigenvalue weighted by atomic mass is 10.3. The summed E-state index contributed by atoms with van der Waals surface area (Å²) in [6.07, 6.45) is 4.75. The fourth-order valence-electron chi connectivity index (χ4n) is 1.83. The van der Waals surface area contributed by atoms with Crippen LogP contribution in [0.25, 0.3) is 5.65 Å². The Labute approximate surface area is 89.1 Å². The first-order valence-electron chi connectivity index (χ1n) is 5.46. The van der Waals surface area contributed by atoms with Gasteiger partial charge in [-0.1, -0.05) is 0 Å². The quantitative estimate of drug-likeness (QED) is 0.809. The van der Waals surface area contributed by atoms with Crippen LogP contribution in [0.1, 0.15) is 24.2 Å². The lowest BCUT2D eigenvalue weighted by Crippen LogP contribution is -2.02. The molecule has 2 heterocycles. The molecule has 1 fully saturated rings. The van der Waals surface area contributed by atoms with Gasteiger partial charge in [-0.05, 0) is 38.8 Å². The van der Waals surface area contributed by atoms with Crippen LogP contribution in [0, 0.1) is 13.8 Å². The van der Waals surface area contributed by atoms with Crippen molar-refractivity contribution in [2.24, 2.45) is 0 Å². The maximum Gasteiger partial charge on any atom is 0.137 e. The van der Waals surface area contributed by atoms with Gasteiger partial charge in [-0.3, -0.25) is 0 Å². The molecule has 15 heavy (non-hydrogen) atoms. The van der Waals surface area contributed by atoms with Crippen molar-refractivity contribution in [1.82, 2.24) is 9.38 Å². The number of aryl methyl sites for hydroxylation is 2. The van der Waals surface area contributed by atoms with Crippen LogP contribution in [0.5, 0.6) is 0 Å². The maximum atomic E-state index is 4.48. The Morgan fingerprint density at radius 2 is 2.13 bits per heavy atom. The zero-order valence-corrected chi connectivity index (χ0v) is 9.12. The third kappa shape index (κ3) is 1.48.